The van der Waals surface area contributed by atoms with Gasteiger partial charge in [0.15, 0.2) is 0 Å². The fourth-order valence-electron chi connectivity index (χ4n) is 1.82. The van der Waals surface area contributed by atoms with E-state index in [0.717, 1.165) is 22.9 Å². The van der Waals surface area contributed by atoms with E-state index in [1.165, 1.54) is 0 Å². The summed E-state index contributed by atoms with van der Waals surface area (Å²) in [5.41, 5.74) is 0.894. The van der Waals surface area contributed by atoms with Crippen LogP contribution in [-0.2, 0) is 11.2 Å². The second-order valence-electron chi connectivity index (χ2n) is 4.86. The van der Waals surface area contributed by atoms with E-state index >= 15 is 0 Å². The van der Waals surface area contributed by atoms with E-state index in [2.05, 4.69) is 31.4 Å². The molecule has 0 atom stereocenters. The number of halogens is 1. The van der Waals surface area contributed by atoms with E-state index in [1.807, 2.05) is 24.3 Å². The van der Waals surface area contributed by atoms with Crippen LogP contribution in [0.4, 0.5) is 0 Å². The molecule has 1 N–H and O–H groups in total. The van der Waals surface area contributed by atoms with Crippen molar-refractivity contribution in [3.63, 3.8) is 0 Å². The van der Waals surface area contributed by atoms with Gasteiger partial charge in [0.2, 0.25) is 17.6 Å². The van der Waals surface area contributed by atoms with E-state index in [4.69, 9.17) is 4.52 Å². The molecule has 3 rings (SSSR count). The second-order valence-corrected chi connectivity index (χ2v) is 5.78. The van der Waals surface area contributed by atoms with Gasteiger partial charge in [0.05, 0.1) is 0 Å². The molecule has 2 aromatic rings. The van der Waals surface area contributed by atoms with Gasteiger partial charge in [0, 0.05) is 28.9 Å². The van der Waals surface area contributed by atoms with Gasteiger partial charge in [-0.2, -0.15) is 4.98 Å². The fraction of sp³-hybridized carbons (Fsp3) is 0.357. The molecule has 1 saturated carbocycles. The molecule has 0 bridgehead atoms. The molecule has 0 aliphatic heterocycles. The fourth-order valence-corrected chi connectivity index (χ4v) is 2.08. The van der Waals surface area contributed by atoms with Gasteiger partial charge in [-0.25, -0.2) is 0 Å². The Morgan fingerprint density at radius 3 is 2.80 bits per heavy atom. The molecule has 0 unspecified atom stereocenters. The van der Waals surface area contributed by atoms with Gasteiger partial charge in [-0.3, -0.25) is 4.79 Å². The Labute approximate surface area is 124 Å². The molecule has 20 heavy (non-hydrogen) atoms. The van der Waals surface area contributed by atoms with Crippen LogP contribution in [0.3, 0.4) is 0 Å². The van der Waals surface area contributed by atoms with Gasteiger partial charge in [-0.1, -0.05) is 21.1 Å². The molecule has 104 valence electrons. The normalized spacial score (nSPS) is 14.2. The first-order valence-electron chi connectivity index (χ1n) is 6.58. The van der Waals surface area contributed by atoms with Gasteiger partial charge in [-0.05, 0) is 37.1 Å². The number of carbonyl (C=O) groups is 1. The number of hydrogen-bond acceptors (Lipinski definition) is 4. The lowest BCUT2D eigenvalue weighted by Gasteiger charge is -1.99. The number of aryl methyl sites for hydroxylation is 1. The molecule has 6 heteroatoms. The van der Waals surface area contributed by atoms with Crippen LogP contribution in [0.1, 0.15) is 25.2 Å². The molecule has 1 aliphatic carbocycles. The molecule has 0 spiro atoms. The summed E-state index contributed by atoms with van der Waals surface area (Å²) < 4.78 is 6.17. The van der Waals surface area contributed by atoms with Crippen molar-refractivity contribution in [1.29, 1.82) is 0 Å². The average molecular weight is 336 g/mol. The molecular formula is C14H14BrN3O2. The van der Waals surface area contributed by atoms with Crippen LogP contribution in [-0.4, -0.2) is 22.1 Å². The van der Waals surface area contributed by atoms with E-state index < -0.39 is 0 Å². The van der Waals surface area contributed by atoms with E-state index in [-0.39, 0.29) is 5.91 Å². The lowest BCUT2D eigenvalue weighted by Crippen LogP contribution is -2.25. The quantitative estimate of drug-likeness (QED) is 0.912. The third-order valence-electron chi connectivity index (χ3n) is 3.08. The van der Waals surface area contributed by atoms with Crippen molar-refractivity contribution in [2.24, 2.45) is 0 Å². The number of rotatable bonds is 5. The first-order valence-corrected chi connectivity index (χ1v) is 7.38. The van der Waals surface area contributed by atoms with Crippen LogP contribution in [0.2, 0.25) is 0 Å². The highest BCUT2D eigenvalue weighted by molar-refractivity contribution is 9.10. The average Bonchev–Trinajstić information content (AvgIpc) is 3.12. The highest BCUT2D eigenvalue weighted by Gasteiger charge is 2.23. The van der Waals surface area contributed by atoms with Gasteiger partial charge in [0.1, 0.15) is 0 Å². The minimum Gasteiger partial charge on any atom is -0.353 e. The summed E-state index contributed by atoms with van der Waals surface area (Å²) in [5.74, 6) is 1.10. The van der Waals surface area contributed by atoms with Gasteiger partial charge in [-0.15, -0.1) is 0 Å². The number of amides is 1. The third-order valence-corrected chi connectivity index (χ3v) is 3.61. The summed E-state index contributed by atoms with van der Waals surface area (Å²) in [6.45, 7) is 0. The lowest BCUT2D eigenvalue weighted by molar-refractivity contribution is -0.121. The molecule has 1 fully saturated rings. The van der Waals surface area contributed by atoms with Crippen LogP contribution in [0, 0.1) is 0 Å². The highest BCUT2D eigenvalue weighted by Crippen LogP contribution is 2.20. The van der Waals surface area contributed by atoms with Gasteiger partial charge >= 0.3 is 0 Å². The monoisotopic (exact) mass is 335 g/mol. The smallest absolute Gasteiger partial charge is 0.227 e. The molecule has 1 heterocycles. The predicted molar refractivity (Wildman–Crippen MR) is 76.9 cm³/mol. The minimum absolute atomic E-state index is 0.0518. The largest absolute Gasteiger partial charge is 0.353 e. The van der Waals surface area contributed by atoms with Crippen LogP contribution < -0.4 is 5.32 Å². The minimum atomic E-state index is 0.0518. The molecule has 0 saturated heterocycles. The zero-order chi connectivity index (χ0) is 13.9. The number of hydrogen-bond donors (Lipinski definition) is 1. The Bertz CT molecular complexity index is 605. The molecule has 0 radical (unpaired) electrons. The Morgan fingerprint density at radius 1 is 1.35 bits per heavy atom. The zero-order valence-electron chi connectivity index (χ0n) is 10.8. The Hall–Kier alpha value is -1.69. The van der Waals surface area contributed by atoms with E-state index in [0.29, 0.717) is 30.6 Å². The molecule has 1 amide bonds. The standard InChI is InChI=1S/C14H14BrN3O2/c15-10-3-1-9(2-4-10)14-17-13(20-18-14)8-7-12(19)16-11-5-6-11/h1-4,11H,5-8H2,(H,16,19). The van der Waals surface area contributed by atoms with Crippen molar-refractivity contribution in [3.05, 3.63) is 34.6 Å². The molecular weight excluding hydrogens is 322 g/mol. The van der Waals surface area contributed by atoms with Crippen LogP contribution in [0.15, 0.2) is 33.3 Å². The first kappa shape index (κ1) is 13.3. The number of nitrogens with one attached hydrogen (secondary N) is 1. The number of benzene rings is 1. The number of nitrogens with zero attached hydrogens (tertiary/aromatic N) is 2. The van der Waals surface area contributed by atoms with Crippen LogP contribution >= 0.6 is 15.9 Å². The Kier molecular flexibility index (Phi) is 3.82. The second kappa shape index (κ2) is 5.75. The van der Waals surface area contributed by atoms with Crippen molar-refractivity contribution in [2.45, 2.75) is 31.7 Å². The first-order chi connectivity index (χ1) is 9.70. The Morgan fingerprint density at radius 2 is 2.10 bits per heavy atom. The van der Waals surface area contributed by atoms with E-state index in [1.54, 1.807) is 0 Å². The van der Waals surface area contributed by atoms with Crippen molar-refractivity contribution < 1.29 is 9.32 Å². The Balaban J connectivity index is 1.58. The van der Waals surface area contributed by atoms with Crippen LogP contribution in [0.5, 0.6) is 0 Å². The summed E-state index contributed by atoms with van der Waals surface area (Å²) in [6.07, 6.45) is 3.06. The summed E-state index contributed by atoms with van der Waals surface area (Å²) in [5, 5.41) is 6.87. The maximum Gasteiger partial charge on any atom is 0.227 e. The molecule has 1 aliphatic rings. The summed E-state index contributed by atoms with van der Waals surface area (Å²) in [4.78, 5) is 15.9. The van der Waals surface area contributed by atoms with E-state index in [9.17, 15) is 4.79 Å². The van der Waals surface area contributed by atoms with Gasteiger partial charge < -0.3 is 9.84 Å². The summed E-state index contributed by atoms with van der Waals surface area (Å²) in [6, 6.07) is 8.07. The molecule has 1 aromatic heterocycles. The number of carbonyl (C=O) groups excluding carboxylic acids is 1. The zero-order valence-corrected chi connectivity index (χ0v) is 12.4. The lowest BCUT2D eigenvalue weighted by atomic mass is 10.2. The topological polar surface area (TPSA) is 68.0 Å². The predicted octanol–water partition coefficient (Wildman–Crippen LogP) is 2.71. The van der Waals surface area contributed by atoms with Gasteiger partial charge in [0.25, 0.3) is 0 Å². The van der Waals surface area contributed by atoms with Crippen molar-refractivity contribution in [2.75, 3.05) is 0 Å². The molecule has 1 aromatic carbocycles. The number of aromatic nitrogens is 2. The van der Waals surface area contributed by atoms with Crippen molar-refractivity contribution in [1.82, 2.24) is 15.5 Å². The third kappa shape index (κ3) is 3.45. The summed E-state index contributed by atoms with van der Waals surface area (Å²) in [7, 11) is 0. The van der Waals surface area contributed by atoms with Crippen molar-refractivity contribution in [3.8, 4) is 11.4 Å². The SMILES string of the molecule is O=C(CCc1nc(-c2ccc(Br)cc2)no1)NC1CC1. The maximum atomic E-state index is 11.6. The molecule has 5 nitrogen and oxygen atoms in total. The van der Waals surface area contributed by atoms with Crippen molar-refractivity contribution >= 4 is 21.8 Å². The maximum absolute atomic E-state index is 11.6. The summed E-state index contributed by atoms with van der Waals surface area (Å²) >= 11 is 3.38. The van der Waals surface area contributed by atoms with Crippen LogP contribution in [0.25, 0.3) is 11.4 Å². The highest BCUT2D eigenvalue weighted by atomic mass is 79.9.